The average molecular weight is 424 g/mol. The minimum absolute atomic E-state index is 0.0537. The summed E-state index contributed by atoms with van der Waals surface area (Å²) in [6.45, 7) is 0.349. The number of fused-ring (bicyclic) bond motifs is 1. The van der Waals surface area contributed by atoms with Crippen molar-refractivity contribution in [2.24, 2.45) is 0 Å². The molecule has 0 radical (unpaired) electrons. The van der Waals surface area contributed by atoms with Crippen molar-refractivity contribution in [2.75, 3.05) is 23.0 Å². The number of halogens is 3. The lowest BCUT2D eigenvalue weighted by Gasteiger charge is -2.43. The van der Waals surface area contributed by atoms with Crippen LogP contribution in [0, 0.1) is 0 Å². The zero-order chi connectivity index (χ0) is 20.8. The molecule has 2 aromatic carbocycles. The lowest BCUT2D eigenvalue weighted by Crippen LogP contribution is -2.61. The van der Waals surface area contributed by atoms with E-state index in [-0.39, 0.29) is 23.7 Å². The summed E-state index contributed by atoms with van der Waals surface area (Å²) in [5.74, 6) is -0.781. The van der Waals surface area contributed by atoms with Crippen LogP contribution in [0.2, 0.25) is 0 Å². The van der Waals surface area contributed by atoms with E-state index in [1.807, 2.05) is 35.2 Å². The molecule has 1 amide bonds. The van der Waals surface area contributed by atoms with Crippen LogP contribution < -0.4 is 4.90 Å². The Hall–Kier alpha value is -2.39. The van der Waals surface area contributed by atoms with E-state index in [4.69, 9.17) is 0 Å². The van der Waals surface area contributed by atoms with Crippen molar-refractivity contribution in [2.45, 2.75) is 24.8 Å². The van der Waals surface area contributed by atoms with Gasteiger partial charge in [0.05, 0.1) is 29.7 Å². The number of hydrogen-bond donors (Lipinski definition) is 0. The molecule has 2 aromatic rings. The molecule has 0 bridgehead atoms. The van der Waals surface area contributed by atoms with E-state index in [9.17, 15) is 26.4 Å². The largest absolute Gasteiger partial charge is 0.416 e. The van der Waals surface area contributed by atoms with Gasteiger partial charge in [0.2, 0.25) is 5.91 Å². The van der Waals surface area contributed by atoms with Crippen molar-refractivity contribution in [3.8, 4) is 0 Å². The molecular formula is C20H19F3N2O3S. The molecule has 9 heteroatoms. The van der Waals surface area contributed by atoms with Gasteiger partial charge in [0, 0.05) is 18.3 Å². The minimum Gasteiger partial charge on any atom is -0.306 e. The van der Waals surface area contributed by atoms with Gasteiger partial charge in [-0.05, 0) is 23.8 Å². The standard InChI is InChI=1S/C20H19F3N2O3S/c21-20(22,23)15-7-4-8-16(9-15)25-18-13-29(27,28)12-17(18)24(11-19(25)26)10-14-5-2-1-3-6-14/h1-9,17-18H,10-13H2. The normalized spacial score (nSPS) is 24.5. The Morgan fingerprint density at radius 3 is 2.34 bits per heavy atom. The number of benzene rings is 2. The Labute approximate surface area is 166 Å². The van der Waals surface area contributed by atoms with Crippen molar-refractivity contribution < 1.29 is 26.4 Å². The number of sulfone groups is 1. The Morgan fingerprint density at radius 2 is 1.66 bits per heavy atom. The molecule has 29 heavy (non-hydrogen) atoms. The first-order valence-corrected chi connectivity index (χ1v) is 10.9. The second-order valence-electron chi connectivity index (χ2n) is 7.41. The van der Waals surface area contributed by atoms with Crippen LogP contribution in [0.4, 0.5) is 18.9 Å². The fourth-order valence-electron chi connectivity index (χ4n) is 4.12. The van der Waals surface area contributed by atoms with Crippen molar-refractivity contribution >= 4 is 21.4 Å². The highest BCUT2D eigenvalue weighted by Crippen LogP contribution is 2.36. The molecule has 154 valence electrons. The van der Waals surface area contributed by atoms with E-state index < -0.39 is 39.6 Å². The SMILES string of the molecule is O=C1CN(Cc2ccccc2)C2CS(=O)(=O)CC2N1c1cccc(C(F)(F)F)c1. The number of carbonyl (C=O) groups excluding carboxylic acids is 1. The minimum atomic E-state index is -4.55. The maximum atomic E-state index is 13.1. The van der Waals surface area contributed by atoms with Gasteiger partial charge in [-0.25, -0.2) is 8.42 Å². The van der Waals surface area contributed by atoms with Crippen molar-refractivity contribution in [3.05, 3.63) is 65.7 Å². The highest BCUT2D eigenvalue weighted by molar-refractivity contribution is 7.91. The molecule has 5 nitrogen and oxygen atoms in total. The smallest absolute Gasteiger partial charge is 0.306 e. The van der Waals surface area contributed by atoms with Crippen molar-refractivity contribution in [3.63, 3.8) is 0 Å². The third kappa shape index (κ3) is 4.02. The lowest BCUT2D eigenvalue weighted by molar-refractivity contribution is -0.137. The van der Waals surface area contributed by atoms with Crippen LogP contribution in [-0.2, 0) is 27.4 Å². The van der Waals surface area contributed by atoms with Crippen LogP contribution in [0.25, 0.3) is 0 Å². The summed E-state index contributed by atoms with van der Waals surface area (Å²) in [4.78, 5) is 16.0. The molecule has 0 N–H and O–H groups in total. The molecule has 2 unspecified atom stereocenters. The zero-order valence-corrected chi connectivity index (χ0v) is 16.2. The van der Waals surface area contributed by atoms with Crippen LogP contribution >= 0.6 is 0 Å². The van der Waals surface area contributed by atoms with Gasteiger partial charge < -0.3 is 4.90 Å². The molecule has 2 fully saturated rings. The quantitative estimate of drug-likeness (QED) is 0.760. The van der Waals surface area contributed by atoms with Gasteiger partial charge in [0.25, 0.3) is 0 Å². The molecule has 2 atom stereocenters. The molecule has 0 saturated carbocycles. The molecule has 0 spiro atoms. The van der Waals surface area contributed by atoms with E-state index in [1.165, 1.54) is 17.0 Å². The molecule has 2 aliphatic rings. The fraction of sp³-hybridized carbons (Fsp3) is 0.350. The van der Waals surface area contributed by atoms with Crippen LogP contribution in [0.1, 0.15) is 11.1 Å². The summed E-state index contributed by atoms with van der Waals surface area (Å²) in [5, 5.41) is 0. The summed E-state index contributed by atoms with van der Waals surface area (Å²) in [6, 6.07) is 12.7. The Balaban J connectivity index is 1.69. The molecule has 2 saturated heterocycles. The topological polar surface area (TPSA) is 57.7 Å². The number of nitrogens with zero attached hydrogens (tertiary/aromatic N) is 2. The second kappa shape index (κ2) is 7.14. The fourth-order valence-corrected chi connectivity index (χ4v) is 6.10. The van der Waals surface area contributed by atoms with Crippen LogP contribution in [0.3, 0.4) is 0 Å². The maximum Gasteiger partial charge on any atom is 0.416 e. The van der Waals surface area contributed by atoms with Gasteiger partial charge >= 0.3 is 6.18 Å². The molecule has 2 heterocycles. The van der Waals surface area contributed by atoms with Crippen LogP contribution in [0.5, 0.6) is 0 Å². The maximum absolute atomic E-state index is 13.1. The third-order valence-corrected chi connectivity index (χ3v) is 7.08. The van der Waals surface area contributed by atoms with Gasteiger partial charge in [-0.3, -0.25) is 9.69 Å². The van der Waals surface area contributed by atoms with Gasteiger partial charge in [0.15, 0.2) is 9.84 Å². The summed E-state index contributed by atoms with van der Waals surface area (Å²) in [6.07, 6.45) is -4.55. The Morgan fingerprint density at radius 1 is 0.966 bits per heavy atom. The van der Waals surface area contributed by atoms with Crippen molar-refractivity contribution in [1.29, 1.82) is 0 Å². The summed E-state index contributed by atoms with van der Waals surface area (Å²) in [5.41, 5.74) is 0.152. The monoisotopic (exact) mass is 424 g/mol. The summed E-state index contributed by atoms with van der Waals surface area (Å²) in [7, 11) is -3.41. The Bertz CT molecular complexity index is 1020. The van der Waals surface area contributed by atoms with E-state index in [0.29, 0.717) is 6.54 Å². The average Bonchev–Trinajstić information content (AvgIpc) is 2.97. The van der Waals surface area contributed by atoms with Gasteiger partial charge in [0.1, 0.15) is 0 Å². The predicted molar refractivity (Wildman–Crippen MR) is 102 cm³/mol. The zero-order valence-electron chi connectivity index (χ0n) is 15.3. The lowest BCUT2D eigenvalue weighted by atomic mass is 10.0. The molecule has 2 aliphatic heterocycles. The number of piperazine rings is 1. The number of amides is 1. The number of carbonyl (C=O) groups is 1. The number of rotatable bonds is 3. The van der Waals surface area contributed by atoms with Crippen LogP contribution in [-0.4, -0.2) is 49.4 Å². The number of alkyl halides is 3. The van der Waals surface area contributed by atoms with Gasteiger partial charge in [-0.15, -0.1) is 0 Å². The first-order chi connectivity index (χ1) is 13.6. The van der Waals surface area contributed by atoms with E-state index in [1.54, 1.807) is 0 Å². The number of anilines is 1. The van der Waals surface area contributed by atoms with Crippen molar-refractivity contribution in [1.82, 2.24) is 4.90 Å². The summed E-state index contributed by atoms with van der Waals surface area (Å²) < 4.78 is 64.1. The van der Waals surface area contributed by atoms with E-state index >= 15 is 0 Å². The third-order valence-electron chi connectivity index (χ3n) is 5.38. The predicted octanol–water partition coefficient (Wildman–Crippen LogP) is 2.72. The van der Waals surface area contributed by atoms with E-state index in [2.05, 4.69) is 0 Å². The second-order valence-corrected chi connectivity index (χ2v) is 9.57. The molecule has 0 aromatic heterocycles. The number of hydrogen-bond acceptors (Lipinski definition) is 4. The Kier molecular flexibility index (Phi) is 4.90. The molecule has 4 rings (SSSR count). The first kappa shape index (κ1) is 19.9. The van der Waals surface area contributed by atoms with Gasteiger partial charge in [-0.2, -0.15) is 13.2 Å². The van der Waals surface area contributed by atoms with Crippen LogP contribution in [0.15, 0.2) is 54.6 Å². The highest BCUT2D eigenvalue weighted by atomic mass is 32.2. The first-order valence-electron chi connectivity index (χ1n) is 9.12. The molecular weight excluding hydrogens is 405 g/mol. The van der Waals surface area contributed by atoms with Gasteiger partial charge in [-0.1, -0.05) is 36.4 Å². The van der Waals surface area contributed by atoms with E-state index in [0.717, 1.165) is 17.7 Å². The summed E-state index contributed by atoms with van der Waals surface area (Å²) >= 11 is 0. The molecule has 0 aliphatic carbocycles. The highest BCUT2D eigenvalue weighted by Gasteiger charge is 2.49.